The molecule has 3 rings (SSSR count). The summed E-state index contributed by atoms with van der Waals surface area (Å²) in [6.45, 7) is 21.9. The van der Waals surface area contributed by atoms with Crippen molar-refractivity contribution in [1.82, 2.24) is 0 Å². The summed E-state index contributed by atoms with van der Waals surface area (Å²) in [6.07, 6.45) is 0.705. The molecule has 0 fully saturated rings. The highest BCUT2D eigenvalue weighted by Crippen LogP contribution is 2.53. The molecule has 3 aromatic carbocycles. The zero-order chi connectivity index (χ0) is 33.0. The first-order valence-corrected chi connectivity index (χ1v) is 15.6. The van der Waals surface area contributed by atoms with Crippen molar-refractivity contribution in [3.8, 4) is 0 Å². The van der Waals surface area contributed by atoms with Gasteiger partial charge >= 0.3 is 7.32 Å². The summed E-state index contributed by atoms with van der Waals surface area (Å²) >= 11 is 0. The lowest BCUT2D eigenvalue weighted by atomic mass is 9.63. The smallest absolute Gasteiger partial charge is 0.343 e. The van der Waals surface area contributed by atoms with Gasteiger partial charge in [0, 0.05) is 5.92 Å². The number of hydrogen-bond donors (Lipinski definition) is 1. The lowest BCUT2D eigenvalue weighted by molar-refractivity contribution is -0.849. The molecule has 0 aromatic heterocycles. The van der Waals surface area contributed by atoms with Crippen molar-refractivity contribution in [2.45, 2.75) is 103 Å². The average molecular weight is 588 g/mol. The second kappa shape index (κ2) is 13.7. The first-order valence-electron chi connectivity index (χ1n) is 15.6. The molecule has 1 N–H and O–H groups in total. The van der Waals surface area contributed by atoms with Crippen LogP contribution >= 0.6 is 0 Å². The van der Waals surface area contributed by atoms with Gasteiger partial charge in [0.25, 0.3) is 0 Å². The van der Waals surface area contributed by atoms with Crippen LogP contribution in [0.3, 0.4) is 0 Å². The van der Waals surface area contributed by atoms with Crippen LogP contribution in [0.1, 0.15) is 115 Å². The Balaban J connectivity index is 0.00000119. The van der Waals surface area contributed by atoms with Gasteiger partial charge in [-0.15, -0.1) is 0 Å². The number of rotatable bonds is 7. The van der Waals surface area contributed by atoms with Crippen molar-refractivity contribution in [2.24, 2.45) is 0 Å². The summed E-state index contributed by atoms with van der Waals surface area (Å²) in [4.78, 5) is 0. The zero-order valence-electron chi connectivity index (χ0n) is 29.5. The molecule has 0 aliphatic rings. The number of nitrogens with zero attached hydrogens (tertiary/aromatic N) is 1. The van der Waals surface area contributed by atoms with E-state index in [9.17, 15) is 10.0 Å². The Hall–Kier alpha value is -2.44. The molecule has 0 saturated carbocycles. The SMILES string of the molecule is CCC(c1ccccc1C(C)(C)C)C(OB([O-])O)(c1ccccc1C(C)(C)C)c1ccccc1C(C)(C)C.C[N+](C)(C)C. The second-order valence-electron chi connectivity index (χ2n) is 16.2. The van der Waals surface area contributed by atoms with Crippen molar-refractivity contribution < 1.29 is 19.2 Å². The van der Waals surface area contributed by atoms with Crippen LogP contribution < -0.4 is 5.02 Å². The van der Waals surface area contributed by atoms with Gasteiger partial charge in [0.2, 0.25) is 0 Å². The van der Waals surface area contributed by atoms with Gasteiger partial charge in [-0.05, 0) is 56.0 Å². The summed E-state index contributed by atoms with van der Waals surface area (Å²) < 4.78 is 7.46. The Bertz CT molecular complexity index is 1260. The summed E-state index contributed by atoms with van der Waals surface area (Å²) in [5.41, 5.74) is 4.58. The third-order valence-corrected chi connectivity index (χ3v) is 7.60. The molecule has 0 radical (unpaired) electrons. The van der Waals surface area contributed by atoms with Crippen LogP contribution in [0.4, 0.5) is 0 Å². The molecule has 1 unspecified atom stereocenters. The van der Waals surface area contributed by atoms with E-state index in [1.165, 1.54) is 5.56 Å². The van der Waals surface area contributed by atoms with Gasteiger partial charge in [0.15, 0.2) is 0 Å². The molecular formula is C38H58BNO3. The van der Waals surface area contributed by atoms with Gasteiger partial charge in [-0.25, -0.2) is 0 Å². The van der Waals surface area contributed by atoms with E-state index in [1.54, 1.807) is 0 Å². The largest absolute Gasteiger partial charge is 0.832 e. The number of benzene rings is 3. The lowest BCUT2D eigenvalue weighted by Gasteiger charge is -2.49. The molecule has 1 atom stereocenters. The minimum absolute atomic E-state index is 0.126. The molecule has 0 saturated heterocycles. The van der Waals surface area contributed by atoms with Crippen LogP contribution in [0.25, 0.3) is 0 Å². The Labute approximate surface area is 263 Å². The van der Waals surface area contributed by atoms with E-state index in [4.69, 9.17) is 4.65 Å². The maximum atomic E-state index is 12.9. The third kappa shape index (κ3) is 9.28. The highest BCUT2D eigenvalue weighted by Gasteiger charge is 2.48. The molecule has 236 valence electrons. The van der Waals surface area contributed by atoms with E-state index in [1.807, 2.05) is 24.3 Å². The van der Waals surface area contributed by atoms with Crippen molar-refractivity contribution in [1.29, 1.82) is 0 Å². The summed E-state index contributed by atoms with van der Waals surface area (Å²) in [5, 5.41) is 23.4. The molecule has 0 bridgehead atoms. The lowest BCUT2D eigenvalue weighted by Crippen LogP contribution is -2.50. The van der Waals surface area contributed by atoms with E-state index in [2.05, 4.69) is 146 Å². The Morgan fingerprint density at radius 1 is 0.628 bits per heavy atom. The fourth-order valence-electron chi connectivity index (χ4n) is 6.02. The maximum Gasteiger partial charge on any atom is 0.343 e. The minimum atomic E-state index is -2.22. The van der Waals surface area contributed by atoms with Gasteiger partial charge in [0.1, 0.15) is 5.60 Å². The first-order chi connectivity index (χ1) is 19.5. The quantitative estimate of drug-likeness (QED) is 0.228. The van der Waals surface area contributed by atoms with E-state index >= 15 is 0 Å². The van der Waals surface area contributed by atoms with Gasteiger partial charge in [-0.3, -0.25) is 0 Å². The fourth-order valence-corrected chi connectivity index (χ4v) is 6.02. The molecule has 4 nitrogen and oxygen atoms in total. The second-order valence-corrected chi connectivity index (χ2v) is 16.2. The van der Waals surface area contributed by atoms with Crippen molar-refractivity contribution in [2.75, 3.05) is 28.2 Å². The average Bonchev–Trinajstić information content (AvgIpc) is 2.86. The number of hydrogen-bond acceptors (Lipinski definition) is 3. The maximum absolute atomic E-state index is 12.9. The van der Waals surface area contributed by atoms with Crippen molar-refractivity contribution in [3.05, 3.63) is 106 Å². The molecule has 0 aliphatic carbocycles. The van der Waals surface area contributed by atoms with E-state index in [0.29, 0.717) is 6.42 Å². The Kier molecular flexibility index (Phi) is 11.7. The molecule has 5 heteroatoms. The molecule has 3 aromatic rings. The summed E-state index contributed by atoms with van der Waals surface area (Å²) in [7, 11) is 6.28. The predicted octanol–water partition coefficient (Wildman–Crippen LogP) is 7.69. The van der Waals surface area contributed by atoms with Crippen molar-refractivity contribution in [3.63, 3.8) is 0 Å². The van der Waals surface area contributed by atoms with Gasteiger partial charge in [-0.1, -0.05) is 142 Å². The van der Waals surface area contributed by atoms with Crippen LogP contribution in [-0.2, 0) is 26.5 Å². The standard InChI is InChI=1S/C34H46BO3.C4H12N/c1-11-25(24-18-12-13-19-26(24)31(2,3)4)34(38-35(36)37,29-22-16-14-20-27(29)32(5,6)7)30-23-17-15-21-28(30)33(8,9)10;1-5(2,3)4/h12-23,25,36H,11H2,1-10H3;1-4H3/q-1;+1. The van der Waals surface area contributed by atoms with E-state index in [0.717, 1.165) is 32.3 Å². The summed E-state index contributed by atoms with van der Waals surface area (Å²) in [5.74, 6) is -0.242. The molecular weight excluding hydrogens is 529 g/mol. The third-order valence-electron chi connectivity index (χ3n) is 7.60. The molecule has 0 amide bonds. The Morgan fingerprint density at radius 2 is 0.930 bits per heavy atom. The topological polar surface area (TPSA) is 52.5 Å². The van der Waals surface area contributed by atoms with Gasteiger partial charge in [-0.2, -0.15) is 0 Å². The van der Waals surface area contributed by atoms with Gasteiger partial charge < -0.3 is 19.2 Å². The highest BCUT2D eigenvalue weighted by molar-refractivity contribution is 6.30. The van der Waals surface area contributed by atoms with Crippen LogP contribution in [0.2, 0.25) is 0 Å². The monoisotopic (exact) mass is 587 g/mol. The van der Waals surface area contributed by atoms with Crippen molar-refractivity contribution >= 4 is 7.32 Å². The predicted molar refractivity (Wildman–Crippen MR) is 182 cm³/mol. The molecule has 0 heterocycles. The zero-order valence-corrected chi connectivity index (χ0v) is 29.5. The molecule has 0 aliphatic heterocycles. The van der Waals surface area contributed by atoms with Crippen LogP contribution in [-0.4, -0.2) is 45.0 Å². The normalized spacial score (nSPS) is 13.7. The number of quaternary nitrogens is 1. The molecule has 0 spiro atoms. The minimum Gasteiger partial charge on any atom is -0.832 e. The van der Waals surface area contributed by atoms with Crippen LogP contribution in [0.5, 0.6) is 0 Å². The molecule has 43 heavy (non-hydrogen) atoms. The summed E-state index contributed by atoms with van der Waals surface area (Å²) in [6, 6.07) is 25.1. The fraction of sp³-hybridized carbons (Fsp3) is 0.526. The van der Waals surface area contributed by atoms with Crippen LogP contribution in [0, 0.1) is 0 Å². The van der Waals surface area contributed by atoms with Crippen LogP contribution in [0.15, 0.2) is 72.8 Å². The van der Waals surface area contributed by atoms with E-state index < -0.39 is 12.9 Å². The van der Waals surface area contributed by atoms with E-state index in [-0.39, 0.29) is 22.2 Å². The highest BCUT2D eigenvalue weighted by atomic mass is 16.6. The van der Waals surface area contributed by atoms with Gasteiger partial charge in [0.05, 0.1) is 28.2 Å². The Morgan fingerprint density at radius 3 is 1.23 bits per heavy atom. The first kappa shape index (κ1) is 36.8.